The molecule has 1 amide bonds. The Kier molecular flexibility index (Phi) is 8.40. The van der Waals surface area contributed by atoms with E-state index in [1.165, 1.54) is 11.1 Å². The number of aryl methyl sites for hydroxylation is 1. The molecule has 2 aromatic carbocycles. The third-order valence-corrected chi connectivity index (χ3v) is 5.06. The number of thioether (sulfide) groups is 1. The summed E-state index contributed by atoms with van der Waals surface area (Å²) >= 11 is 1.65. The van der Waals surface area contributed by atoms with Gasteiger partial charge in [0.05, 0.1) is 11.8 Å². The lowest BCUT2D eigenvalue weighted by atomic mass is 10.1. The first kappa shape index (κ1) is 19.4. The van der Waals surface area contributed by atoms with Gasteiger partial charge in [0.1, 0.15) is 12.4 Å². The molecule has 0 saturated heterocycles. The lowest BCUT2D eigenvalue weighted by Crippen LogP contribution is -2.34. The first-order valence-corrected chi connectivity index (χ1v) is 9.89. The van der Waals surface area contributed by atoms with Crippen molar-refractivity contribution >= 4 is 17.7 Å². The number of ether oxygens (including phenoxy) is 1. The molecule has 0 heterocycles. The Morgan fingerprint density at radius 3 is 2.48 bits per heavy atom. The molecule has 4 heteroatoms. The zero-order chi connectivity index (χ0) is 17.9. The second-order valence-corrected chi connectivity index (χ2v) is 7.30. The first-order chi connectivity index (χ1) is 12.2. The first-order valence-electron chi connectivity index (χ1n) is 8.84. The normalized spacial score (nSPS) is 11.8. The van der Waals surface area contributed by atoms with Crippen LogP contribution in [0.3, 0.4) is 0 Å². The van der Waals surface area contributed by atoms with E-state index in [2.05, 4.69) is 36.5 Å². The van der Waals surface area contributed by atoms with Crippen LogP contribution < -0.4 is 10.1 Å². The lowest BCUT2D eigenvalue weighted by molar-refractivity contribution is -0.120. The monoisotopic (exact) mass is 357 g/mol. The van der Waals surface area contributed by atoms with E-state index in [1.807, 2.05) is 37.3 Å². The average Bonchev–Trinajstić information content (AvgIpc) is 2.65. The van der Waals surface area contributed by atoms with E-state index in [1.54, 1.807) is 11.8 Å². The van der Waals surface area contributed by atoms with E-state index in [9.17, 15) is 4.79 Å². The summed E-state index contributed by atoms with van der Waals surface area (Å²) in [7, 11) is 0. The molecular formula is C21H27NO2S. The number of carbonyl (C=O) groups excluding carboxylic acids is 1. The van der Waals surface area contributed by atoms with Gasteiger partial charge in [-0.15, -0.1) is 11.8 Å². The Morgan fingerprint density at radius 1 is 1.08 bits per heavy atom. The number of amides is 1. The number of hydrogen-bond donors (Lipinski definition) is 1. The smallest absolute Gasteiger partial charge is 0.232 e. The Balaban J connectivity index is 1.62. The summed E-state index contributed by atoms with van der Waals surface area (Å²) in [6.45, 7) is 5.11. The topological polar surface area (TPSA) is 38.3 Å². The van der Waals surface area contributed by atoms with Gasteiger partial charge in [0, 0.05) is 5.75 Å². The van der Waals surface area contributed by atoms with Gasteiger partial charge in [0.15, 0.2) is 0 Å². The zero-order valence-corrected chi connectivity index (χ0v) is 15.9. The van der Waals surface area contributed by atoms with Crippen molar-refractivity contribution < 1.29 is 9.53 Å². The molecule has 1 N–H and O–H groups in total. The predicted octanol–water partition coefficient (Wildman–Crippen LogP) is 4.46. The molecule has 3 nitrogen and oxygen atoms in total. The van der Waals surface area contributed by atoms with Gasteiger partial charge in [-0.1, -0.05) is 55.8 Å². The van der Waals surface area contributed by atoms with Crippen molar-refractivity contribution in [2.45, 2.75) is 37.7 Å². The fourth-order valence-corrected chi connectivity index (χ4v) is 3.27. The maximum absolute atomic E-state index is 12.1. The molecule has 134 valence electrons. The molecule has 1 unspecified atom stereocenters. The van der Waals surface area contributed by atoms with Gasteiger partial charge in [-0.3, -0.25) is 4.79 Å². The minimum absolute atomic E-state index is 0.0582. The quantitative estimate of drug-likeness (QED) is 0.638. The van der Waals surface area contributed by atoms with E-state index >= 15 is 0 Å². The number of carbonyl (C=O) groups is 1. The highest BCUT2D eigenvalue weighted by Crippen LogP contribution is 2.17. The van der Waals surface area contributed by atoms with E-state index in [0.29, 0.717) is 13.2 Å². The number of benzene rings is 2. The van der Waals surface area contributed by atoms with E-state index in [4.69, 9.17) is 4.74 Å². The van der Waals surface area contributed by atoms with Crippen LogP contribution in [0.15, 0.2) is 54.6 Å². The zero-order valence-electron chi connectivity index (χ0n) is 15.0. The molecule has 0 aliphatic carbocycles. The Morgan fingerprint density at radius 2 is 1.80 bits per heavy atom. The van der Waals surface area contributed by atoms with Crippen LogP contribution in [0.1, 0.15) is 31.4 Å². The van der Waals surface area contributed by atoms with Gasteiger partial charge in [0.25, 0.3) is 0 Å². The molecule has 2 rings (SSSR count). The number of nitrogens with one attached hydrogen (secondary N) is 1. The van der Waals surface area contributed by atoms with Crippen molar-refractivity contribution in [2.24, 2.45) is 0 Å². The molecule has 0 radical (unpaired) electrons. The van der Waals surface area contributed by atoms with Crippen LogP contribution in [0.25, 0.3) is 0 Å². The summed E-state index contributed by atoms with van der Waals surface area (Å²) in [4.78, 5) is 12.1. The van der Waals surface area contributed by atoms with Crippen molar-refractivity contribution in [1.82, 2.24) is 5.32 Å². The summed E-state index contributed by atoms with van der Waals surface area (Å²) < 4.78 is 5.68. The minimum Gasteiger partial charge on any atom is -0.492 e. The van der Waals surface area contributed by atoms with Crippen LogP contribution in [0.2, 0.25) is 0 Å². The van der Waals surface area contributed by atoms with Gasteiger partial charge in [-0.2, -0.15) is 0 Å². The van der Waals surface area contributed by atoms with Crippen LogP contribution in [0.4, 0.5) is 0 Å². The molecule has 25 heavy (non-hydrogen) atoms. The van der Waals surface area contributed by atoms with Crippen LogP contribution in [-0.2, 0) is 17.0 Å². The summed E-state index contributed by atoms with van der Waals surface area (Å²) in [5.74, 6) is 1.75. The fraction of sp³-hybridized carbons (Fsp3) is 0.381. The van der Waals surface area contributed by atoms with Crippen molar-refractivity contribution in [3.05, 3.63) is 65.7 Å². The van der Waals surface area contributed by atoms with Crippen LogP contribution in [0, 0.1) is 0 Å². The van der Waals surface area contributed by atoms with Crippen molar-refractivity contribution in [2.75, 3.05) is 13.2 Å². The van der Waals surface area contributed by atoms with Crippen molar-refractivity contribution in [3.63, 3.8) is 0 Å². The van der Waals surface area contributed by atoms with E-state index in [0.717, 1.165) is 24.3 Å². The minimum atomic E-state index is -0.0754. The maximum atomic E-state index is 12.1. The standard InChI is InChI=1S/C21H27NO2S/c1-3-7-18-10-12-20(13-11-18)24-15-14-22-21(23)17(2)25-16-19-8-5-4-6-9-19/h4-6,8-13,17H,3,7,14-16H2,1-2H3,(H,22,23). The highest BCUT2D eigenvalue weighted by atomic mass is 32.2. The highest BCUT2D eigenvalue weighted by Gasteiger charge is 2.12. The molecule has 0 bridgehead atoms. The SMILES string of the molecule is CCCc1ccc(OCCNC(=O)C(C)SCc2ccccc2)cc1. The summed E-state index contributed by atoms with van der Waals surface area (Å²) in [6.07, 6.45) is 2.24. The Bertz CT molecular complexity index is 628. The molecule has 0 fully saturated rings. The highest BCUT2D eigenvalue weighted by molar-refractivity contribution is 7.99. The van der Waals surface area contributed by atoms with Gasteiger partial charge in [0.2, 0.25) is 5.91 Å². The molecule has 0 aliphatic rings. The van der Waals surface area contributed by atoms with Crippen LogP contribution >= 0.6 is 11.8 Å². The van der Waals surface area contributed by atoms with E-state index in [-0.39, 0.29) is 11.2 Å². The second kappa shape index (κ2) is 10.8. The van der Waals surface area contributed by atoms with Crippen molar-refractivity contribution in [3.8, 4) is 5.75 Å². The largest absolute Gasteiger partial charge is 0.492 e. The molecule has 0 saturated carbocycles. The number of hydrogen-bond acceptors (Lipinski definition) is 3. The molecule has 1 atom stereocenters. The molecular weight excluding hydrogens is 330 g/mol. The van der Waals surface area contributed by atoms with Crippen LogP contribution in [0.5, 0.6) is 5.75 Å². The summed E-state index contributed by atoms with van der Waals surface area (Å²) in [5, 5.41) is 2.86. The van der Waals surface area contributed by atoms with Gasteiger partial charge < -0.3 is 10.1 Å². The molecule has 0 spiro atoms. The molecule has 0 aromatic heterocycles. The third-order valence-electron chi connectivity index (χ3n) is 3.84. The number of rotatable bonds is 10. The Hall–Kier alpha value is -1.94. The van der Waals surface area contributed by atoms with Crippen LogP contribution in [-0.4, -0.2) is 24.3 Å². The summed E-state index contributed by atoms with van der Waals surface area (Å²) in [5.41, 5.74) is 2.56. The Labute approximate surface area is 155 Å². The van der Waals surface area contributed by atoms with Gasteiger partial charge in [-0.05, 0) is 36.6 Å². The third kappa shape index (κ3) is 7.22. The lowest BCUT2D eigenvalue weighted by Gasteiger charge is -2.13. The summed E-state index contributed by atoms with van der Waals surface area (Å²) in [6, 6.07) is 18.4. The maximum Gasteiger partial charge on any atom is 0.232 e. The molecule has 0 aliphatic heterocycles. The van der Waals surface area contributed by atoms with E-state index < -0.39 is 0 Å². The van der Waals surface area contributed by atoms with Crippen molar-refractivity contribution in [1.29, 1.82) is 0 Å². The predicted molar refractivity (Wildman–Crippen MR) is 106 cm³/mol. The second-order valence-electron chi connectivity index (χ2n) is 5.97. The van der Waals surface area contributed by atoms with Gasteiger partial charge in [-0.25, -0.2) is 0 Å². The fourth-order valence-electron chi connectivity index (χ4n) is 2.40. The molecule has 2 aromatic rings. The average molecular weight is 358 g/mol. The van der Waals surface area contributed by atoms with Gasteiger partial charge >= 0.3 is 0 Å².